The van der Waals surface area contributed by atoms with Gasteiger partial charge in [0.1, 0.15) is 0 Å². The summed E-state index contributed by atoms with van der Waals surface area (Å²) in [6, 6.07) is 9.85. The number of benzene rings is 2. The molecule has 0 fully saturated rings. The largest absolute Gasteiger partial charge is 0.398 e. The van der Waals surface area contributed by atoms with Crippen molar-refractivity contribution in [2.45, 2.75) is 18.2 Å². The first-order valence-electron chi connectivity index (χ1n) is 7.19. The van der Waals surface area contributed by atoms with Crippen LogP contribution >= 0.6 is 15.9 Å². The Morgan fingerprint density at radius 2 is 1.55 bits per heavy atom. The fraction of sp³-hybridized carbons (Fsp3) is 0.294. The predicted molar refractivity (Wildman–Crippen MR) is 94.9 cm³/mol. The standard InChI is InChI=1S/C17H21BrN2O2/c18-10-11-3-1-2-4-12(11)15-9-16(19)13(5-7-21)14(6-8-22)17(15)20/h1-4,9,21-22H,5-8,10,19-20H2. The summed E-state index contributed by atoms with van der Waals surface area (Å²) in [6.07, 6.45) is 0.863. The summed E-state index contributed by atoms with van der Waals surface area (Å²) in [6.45, 7) is -0.00891. The molecule has 0 aliphatic rings. The average Bonchev–Trinajstić information content (AvgIpc) is 2.54. The highest BCUT2D eigenvalue weighted by molar-refractivity contribution is 9.08. The lowest BCUT2D eigenvalue weighted by molar-refractivity contribution is 0.293. The van der Waals surface area contributed by atoms with Crippen LogP contribution in [0.25, 0.3) is 11.1 Å². The minimum atomic E-state index is -0.00832. The molecular formula is C17H21BrN2O2. The topological polar surface area (TPSA) is 92.5 Å². The summed E-state index contributed by atoms with van der Waals surface area (Å²) in [5.41, 5.74) is 18.4. The molecule has 0 bridgehead atoms. The van der Waals surface area contributed by atoms with E-state index in [0.717, 1.165) is 33.1 Å². The van der Waals surface area contributed by atoms with Crippen LogP contribution in [0.15, 0.2) is 30.3 Å². The van der Waals surface area contributed by atoms with Gasteiger partial charge in [0, 0.05) is 35.5 Å². The number of rotatable bonds is 6. The first-order chi connectivity index (χ1) is 10.6. The quantitative estimate of drug-likeness (QED) is 0.468. The molecule has 0 amide bonds. The molecule has 4 nitrogen and oxygen atoms in total. The van der Waals surface area contributed by atoms with E-state index in [-0.39, 0.29) is 13.2 Å². The maximum Gasteiger partial charge on any atom is 0.0472 e. The zero-order valence-electron chi connectivity index (χ0n) is 12.3. The molecule has 6 N–H and O–H groups in total. The highest BCUT2D eigenvalue weighted by Crippen LogP contribution is 2.37. The number of aliphatic hydroxyl groups excluding tert-OH is 2. The average molecular weight is 365 g/mol. The summed E-state index contributed by atoms with van der Waals surface area (Å²) in [4.78, 5) is 0. The summed E-state index contributed by atoms with van der Waals surface area (Å²) >= 11 is 3.49. The van der Waals surface area contributed by atoms with Gasteiger partial charge in [0.05, 0.1) is 0 Å². The van der Waals surface area contributed by atoms with Gasteiger partial charge in [-0.05, 0) is 41.2 Å². The first kappa shape index (κ1) is 16.8. The van der Waals surface area contributed by atoms with Crippen molar-refractivity contribution < 1.29 is 10.2 Å². The highest BCUT2D eigenvalue weighted by atomic mass is 79.9. The predicted octanol–water partition coefficient (Wildman–Crippen LogP) is 2.48. The number of hydrogen-bond acceptors (Lipinski definition) is 4. The van der Waals surface area contributed by atoms with Gasteiger partial charge in [-0.3, -0.25) is 0 Å². The zero-order valence-corrected chi connectivity index (χ0v) is 13.9. The number of anilines is 2. The van der Waals surface area contributed by atoms with Gasteiger partial charge in [0.2, 0.25) is 0 Å². The molecule has 5 heteroatoms. The second kappa shape index (κ2) is 7.63. The van der Waals surface area contributed by atoms with Gasteiger partial charge in [-0.1, -0.05) is 40.2 Å². The second-order valence-electron chi connectivity index (χ2n) is 5.12. The first-order valence-corrected chi connectivity index (χ1v) is 8.31. The van der Waals surface area contributed by atoms with Gasteiger partial charge in [-0.15, -0.1) is 0 Å². The summed E-state index contributed by atoms with van der Waals surface area (Å²) in [5, 5.41) is 19.3. The van der Waals surface area contributed by atoms with E-state index in [2.05, 4.69) is 15.9 Å². The lowest BCUT2D eigenvalue weighted by atomic mass is 9.90. The van der Waals surface area contributed by atoms with Crippen LogP contribution in [0.2, 0.25) is 0 Å². The lowest BCUT2D eigenvalue weighted by Gasteiger charge is -2.19. The minimum Gasteiger partial charge on any atom is -0.398 e. The Labute approximate surface area is 138 Å². The molecule has 118 valence electrons. The molecule has 0 heterocycles. The van der Waals surface area contributed by atoms with E-state index in [1.165, 1.54) is 0 Å². The van der Waals surface area contributed by atoms with Gasteiger partial charge in [-0.2, -0.15) is 0 Å². The van der Waals surface area contributed by atoms with Crippen molar-refractivity contribution >= 4 is 27.3 Å². The van der Waals surface area contributed by atoms with Gasteiger partial charge in [0.15, 0.2) is 0 Å². The van der Waals surface area contributed by atoms with Crippen molar-refractivity contribution in [1.29, 1.82) is 0 Å². The molecule has 0 aliphatic carbocycles. The fourth-order valence-corrected chi connectivity index (χ4v) is 3.24. The van der Waals surface area contributed by atoms with E-state index in [0.29, 0.717) is 24.2 Å². The molecule has 0 saturated heterocycles. The minimum absolute atomic E-state index is 0.000593. The number of alkyl halides is 1. The van der Waals surface area contributed by atoms with Crippen molar-refractivity contribution in [2.24, 2.45) is 0 Å². The highest BCUT2D eigenvalue weighted by Gasteiger charge is 2.16. The molecule has 22 heavy (non-hydrogen) atoms. The van der Waals surface area contributed by atoms with Crippen LogP contribution in [-0.2, 0) is 18.2 Å². The molecule has 2 aromatic rings. The van der Waals surface area contributed by atoms with Gasteiger partial charge < -0.3 is 21.7 Å². The van der Waals surface area contributed by atoms with Crippen LogP contribution in [0, 0.1) is 0 Å². The van der Waals surface area contributed by atoms with Crippen molar-refractivity contribution in [3.63, 3.8) is 0 Å². The monoisotopic (exact) mass is 364 g/mol. The Bertz CT molecular complexity index is 659. The number of aliphatic hydroxyl groups is 2. The molecule has 0 spiro atoms. The Balaban J connectivity index is 2.67. The normalized spacial score (nSPS) is 10.9. The molecule has 0 unspecified atom stereocenters. The van der Waals surface area contributed by atoms with E-state index in [9.17, 15) is 10.2 Å². The Morgan fingerprint density at radius 3 is 2.18 bits per heavy atom. The van der Waals surface area contributed by atoms with E-state index in [1.54, 1.807) is 0 Å². The van der Waals surface area contributed by atoms with Crippen molar-refractivity contribution in [3.05, 3.63) is 47.0 Å². The molecule has 0 radical (unpaired) electrons. The van der Waals surface area contributed by atoms with Crippen molar-refractivity contribution in [3.8, 4) is 11.1 Å². The smallest absolute Gasteiger partial charge is 0.0472 e. The third-order valence-corrected chi connectivity index (χ3v) is 4.41. The third kappa shape index (κ3) is 3.27. The molecule has 0 atom stereocenters. The van der Waals surface area contributed by atoms with E-state index >= 15 is 0 Å². The third-order valence-electron chi connectivity index (χ3n) is 3.80. The summed E-state index contributed by atoms with van der Waals surface area (Å²) in [5.74, 6) is 0. The molecule has 2 aromatic carbocycles. The molecule has 2 rings (SSSR count). The maximum atomic E-state index is 9.32. The van der Waals surface area contributed by atoms with E-state index in [4.69, 9.17) is 11.5 Å². The van der Waals surface area contributed by atoms with Crippen LogP contribution in [0.4, 0.5) is 11.4 Å². The summed E-state index contributed by atoms with van der Waals surface area (Å²) in [7, 11) is 0. The summed E-state index contributed by atoms with van der Waals surface area (Å²) < 4.78 is 0. The number of hydrogen-bond donors (Lipinski definition) is 4. The van der Waals surface area contributed by atoms with Crippen LogP contribution in [0.3, 0.4) is 0 Å². The second-order valence-corrected chi connectivity index (χ2v) is 5.68. The van der Waals surface area contributed by atoms with Crippen LogP contribution < -0.4 is 11.5 Å². The lowest BCUT2D eigenvalue weighted by Crippen LogP contribution is -2.10. The van der Waals surface area contributed by atoms with E-state index in [1.807, 2.05) is 30.3 Å². The van der Waals surface area contributed by atoms with Gasteiger partial charge >= 0.3 is 0 Å². The number of nitrogens with two attached hydrogens (primary N) is 2. The Hall–Kier alpha value is -1.56. The van der Waals surface area contributed by atoms with Crippen LogP contribution in [0.1, 0.15) is 16.7 Å². The molecular weight excluding hydrogens is 344 g/mol. The zero-order chi connectivity index (χ0) is 16.1. The van der Waals surface area contributed by atoms with Crippen molar-refractivity contribution in [1.82, 2.24) is 0 Å². The Kier molecular flexibility index (Phi) is 5.83. The fourth-order valence-electron chi connectivity index (χ4n) is 2.75. The van der Waals surface area contributed by atoms with Crippen LogP contribution in [-0.4, -0.2) is 23.4 Å². The molecule has 0 aromatic heterocycles. The van der Waals surface area contributed by atoms with Crippen LogP contribution in [0.5, 0.6) is 0 Å². The SMILES string of the molecule is Nc1cc(-c2ccccc2CBr)c(N)c(CCO)c1CCO. The Morgan fingerprint density at radius 1 is 0.909 bits per heavy atom. The number of halogens is 1. The van der Waals surface area contributed by atoms with Gasteiger partial charge in [-0.25, -0.2) is 0 Å². The van der Waals surface area contributed by atoms with Gasteiger partial charge in [0.25, 0.3) is 0 Å². The van der Waals surface area contributed by atoms with Crippen molar-refractivity contribution in [2.75, 3.05) is 24.7 Å². The number of nitrogen functional groups attached to an aromatic ring is 2. The van der Waals surface area contributed by atoms with E-state index < -0.39 is 0 Å². The molecule has 0 aliphatic heterocycles. The molecule has 0 saturated carbocycles. The maximum absolute atomic E-state index is 9.32.